The van der Waals surface area contributed by atoms with Gasteiger partial charge >= 0.3 is 0 Å². The quantitative estimate of drug-likeness (QED) is 0.615. The van der Waals surface area contributed by atoms with Gasteiger partial charge in [-0.1, -0.05) is 17.9 Å². The second kappa shape index (κ2) is 7.44. The number of nitrogens with one attached hydrogen (secondary N) is 1. The number of hydrogen-bond donors (Lipinski definition) is 2. The van der Waals surface area contributed by atoms with Crippen molar-refractivity contribution in [2.45, 2.75) is 4.90 Å². The first-order valence-corrected chi connectivity index (χ1v) is 8.25. The molecule has 0 unspecified atom stereocenters. The highest BCUT2D eigenvalue weighted by Crippen LogP contribution is 2.10. The molecule has 18 heavy (non-hydrogen) atoms. The molecule has 0 fully saturated rings. The van der Waals surface area contributed by atoms with Crippen molar-refractivity contribution in [1.29, 1.82) is 0 Å². The third kappa shape index (κ3) is 4.70. The summed E-state index contributed by atoms with van der Waals surface area (Å²) in [4.78, 5) is 0.229. The lowest BCUT2D eigenvalue weighted by Crippen LogP contribution is -2.26. The Morgan fingerprint density at radius 3 is 2.89 bits per heavy atom. The number of thioether (sulfide) groups is 1. The lowest BCUT2D eigenvalue weighted by molar-refractivity contribution is 0.584. The molecule has 1 rings (SSSR count). The summed E-state index contributed by atoms with van der Waals surface area (Å²) in [7, 11) is -3.44. The fraction of sp³-hybridized carbons (Fsp3) is 0.333. The van der Waals surface area contributed by atoms with Crippen molar-refractivity contribution in [3.8, 4) is 11.8 Å². The van der Waals surface area contributed by atoms with E-state index in [0.717, 1.165) is 5.75 Å². The van der Waals surface area contributed by atoms with Gasteiger partial charge in [0.15, 0.2) is 0 Å². The minimum atomic E-state index is -3.44. The molecule has 0 amide bonds. The molecule has 0 aliphatic heterocycles. The number of sulfonamides is 1. The largest absolute Gasteiger partial charge is 0.320 e. The number of nitrogens with two attached hydrogens (primary N) is 1. The average Bonchev–Trinajstić information content (AvgIpc) is 2.37. The molecule has 1 aromatic rings. The van der Waals surface area contributed by atoms with Gasteiger partial charge in [0.2, 0.25) is 10.0 Å². The van der Waals surface area contributed by atoms with E-state index in [-0.39, 0.29) is 11.4 Å². The molecule has 1 aromatic carbocycles. The lowest BCUT2D eigenvalue weighted by atomic mass is 10.2. The summed E-state index contributed by atoms with van der Waals surface area (Å²) in [5.41, 5.74) is 5.92. The maximum Gasteiger partial charge on any atom is 0.240 e. The Balaban J connectivity index is 2.88. The summed E-state index contributed by atoms with van der Waals surface area (Å²) in [6.45, 7) is 0.672. The Morgan fingerprint density at radius 1 is 1.44 bits per heavy atom. The number of benzene rings is 1. The van der Waals surface area contributed by atoms with E-state index in [1.54, 1.807) is 36.0 Å². The number of rotatable bonds is 5. The highest BCUT2D eigenvalue weighted by molar-refractivity contribution is 7.98. The van der Waals surface area contributed by atoms with E-state index in [2.05, 4.69) is 16.6 Å². The topological polar surface area (TPSA) is 72.2 Å². The van der Waals surface area contributed by atoms with Gasteiger partial charge in [-0.15, -0.1) is 0 Å². The third-order valence-electron chi connectivity index (χ3n) is 2.08. The molecule has 0 aromatic heterocycles. The fourth-order valence-electron chi connectivity index (χ4n) is 1.26. The van der Waals surface area contributed by atoms with Gasteiger partial charge in [0.1, 0.15) is 0 Å². The van der Waals surface area contributed by atoms with Gasteiger partial charge in [-0.2, -0.15) is 11.8 Å². The Hall–Kier alpha value is -1.00. The van der Waals surface area contributed by atoms with Crippen molar-refractivity contribution < 1.29 is 8.42 Å². The van der Waals surface area contributed by atoms with Crippen molar-refractivity contribution in [2.75, 3.05) is 25.1 Å². The van der Waals surface area contributed by atoms with Crippen LogP contribution in [-0.2, 0) is 10.0 Å². The second-order valence-electron chi connectivity index (χ2n) is 3.42. The van der Waals surface area contributed by atoms with E-state index >= 15 is 0 Å². The predicted octanol–water partition coefficient (Wildman–Crippen LogP) is 0.638. The monoisotopic (exact) mass is 284 g/mol. The van der Waals surface area contributed by atoms with E-state index in [1.807, 2.05) is 6.26 Å². The smallest absolute Gasteiger partial charge is 0.240 e. The zero-order valence-electron chi connectivity index (χ0n) is 10.1. The molecule has 6 heteroatoms. The Morgan fingerprint density at radius 2 is 2.22 bits per heavy atom. The Bertz CT molecular complexity index is 545. The van der Waals surface area contributed by atoms with Gasteiger partial charge in [-0.3, -0.25) is 0 Å². The molecular formula is C12H16N2O2S2. The summed E-state index contributed by atoms with van der Waals surface area (Å²) in [5.74, 6) is 6.25. The van der Waals surface area contributed by atoms with Gasteiger partial charge in [0, 0.05) is 17.9 Å². The summed E-state index contributed by atoms with van der Waals surface area (Å²) in [5, 5.41) is 0. The molecule has 4 nitrogen and oxygen atoms in total. The Kier molecular flexibility index (Phi) is 6.22. The van der Waals surface area contributed by atoms with E-state index in [1.165, 1.54) is 0 Å². The molecule has 0 radical (unpaired) electrons. The fourth-order valence-corrected chi connectivity index (χ4v) is 2.77. The van der Waals surface area contributed by atoms with Crippen molar-refractivity contribution in [1.82, 2.24) is 4.72 Å². The second-order valence-corrected chi connectivity index (χ2v) is 6.18. The van der Waals surface area contributed by atoms with E-state index in [9.17, 15) is 8.42 Å². The predicted molar refractivity (Wildman–Crippen MR) is 75.9 cm³/mol. The summed E-state index contributed by atoms with van der Waals surface area (Å²) in [6, 6.07) is 6.52. The molecule has 0 saturated carbocycles. The van der Waals surface area contributed by atoms with Crippen LogP contribution < -0.4 is 10.5 Å². The van der Waals surface area contributed by atoms with Crippen LogP contribution in [0.3, 0.4) is 0 Å². The first kappa shape index (κ1) is 15.1. The molecule has 0 spiro atoms. The highest BCUT2D eigenvalue weighted by atomic mass is 32.2. The minimum absolute atomic E-state index is 0.229. The van der Waals surface area contributed by atoms with Crippen molar-refractivity contribution in [3.05, 3.63) is 29.8 Å². The normalized spacial score (nSPS) is 10.8. The molecular weight excluding hydrogens is 268 g/mol. The SMILES string of the molecule is CSCCNS(=O)(=O)c1cccc(C#CCN)c1. The van der Waals surface area contributed by atoms with Crippen LogP contribution in [0.15, 0.2) is 29.2 Å². The minimum Gasteiger partial charge on any atom is -0.320 e. The average molecular weight is 284 g/mol. The summed E-state index contributed by atoms with van der Waals surface area (Å²) >= 11 is 1.59. The first-order chi connectivity index (χ1) is 8.60. The van der Waals surface area contributed by atoms with Gasteiger partial charge < -0.3 is 5.73 Å². The van der Waals surface area contributed by atoms with Crippen LogP contribution in [-0.4, -0.2) is 33.5 Å². The molecule has 0 aliphatic carbocycles. The summed E-state index contributed by atoms with van der Waals surface area (Å²) in [6.07, 6.45) is 1.93. The maximum atomic E-state index is 11.9. The molecule has 98 valence electrons. The van der Waals surface area contributed by atoms with Crippen molar-refractivity contribution in [2.24, 2.45) is 5.73 Å². The van der Waals surface area contributed by atoms with Crippen LogP contribution in [0.1, 0.15) is 5.56 Å². The van der Waals surface area contributed by atoms with Crippen molar-refractivity contribution >= 4 is 21.8 Å². The molecule has 0 heterocycles. The third-order valence-corrected chi connectivity index (χ3v) is 4.15. The maximum absolute atomic E-state index is 11.9. The lowest BCUT2D eigenvalue weighted by Gasteiger charge is -2.06. The molecule has 0 aliphatic rings. The van der Waals surface area contributed by atoms with Crippen LogP contribution in [0.5, 0.6) is 0 Å². The first-order valence-electron chi connectivity index (χ1n) is 5.38. The Labute approximate surface area is 112 Å². The van der Waals surface area contributed by atoms with Crippen molar-refractivity contribution in [3.63, 3.8) is 0 Å². The van der Waals surface area contributed by atoms with E-state index < -0.39 is 10.0 Å². The molecule has 0 atom stereocenters. The molecule has 0 saturated heterocycles. The van der Waals surface area contributed by atoms with Crippen LogP contribution in [0, 0.1) is 11.8 Å². The standard InChI is InChI=1S/C12H16N2O2S2/c1-17-9-8-14-18(15,16)12-6-2-4-11(10-12)5-3-7-13/h2,4,6,10,14H,7-9,13H2,1H3. The van der Waals surface area contributed by atoms with Crippen LogP contribution in [0.25, 0.3) is 0 Å². The zero-order valence-corrected chi connectivity index (χ0v) is 11.8. The van der Waals surface area contributed by atoms with E-state index in [0.29, 0.717) is 12.1 Å². The number of hydrogen-bond acceptors (Lipinski definition) is 4. The van der Waals surface area contributed by atoms with Crippen LogP contribution in [0.4, 0.5) is 0 Å². The van der Waals surface area contributed by atoms with Gasteiger partial charge in [-0.25, -0.2) is 13.1 Å². The van der Waals surface area contributed by atoms with Gasteiger partial charge in [0.25, 0.3) is 0 Å². The van der Waals surface area contributed by atoms with Gasteiger partial charge in [-0.05, 0) is 24.5 Å². The molecule has 0 bridgehead atoms. The van der Waals surface area contributed by atoms with Crippen LogP contribution >= 0.6 is 11.8 Å². The summed E-state index contributed by atoms with van der Waals surface area (Å²) < 4.78 is 26.4. The van der Waals surface area contributed by atoms with Gasteiger partial charge in [0.05, 0.1) is 11.4 Å². The molecule has 3 N–H and O–H groups in total. The van der Waals surface area contributed by atoms with E-state index in [4.69, 9.17) is 5.73 Å². The zero-order chi connectivity index (χ0) is 13.4. The van der Waals surface area contributed by atoms with Crippen LogP contribution in [0.2, 0.25) is 0 Å². The highest BCUT2D eigenvalue weighted by Gasteiger charge is 2.12.